The number of carbonyl (C=O) groups excluding carboxylic acids is 1. The molecule has 2 aromatic carbocycles. The molecule has 2 fully saturated rings. The molecule has 0 bridgehead atoms. The highest BCUT2D eigenvalue weighted by Crippen LogP contribution is 2.33. The number of alkyl carbamates (subject to hydrolysis) is 1. The molecule has 12 heteroatoms. The topological polar surface area (TPSA) is 127 Å². The molecule has 1 aromatic heterocycles. The number of aliphatic hydroxyl groups excluding tert-OH is 1. The predicted molar refractivity (Wildman–Crippen MR) is 150 cm³/mol. The van der Waals surface area contributed by atoms with Crippen LogP contribution in [0.15, 0.2) is 58.9 Å². The van der Waals surface area contributed by atoms with Crippen LogP contribution in [0, 0.1) is 11.8 Å². The molecule has 3 heterocycles. The zero-order chi connectivity index (χ0) is 38.7. The molecule has 10 nitrogen and oxygen atoms in total. The Hall–Kier alpha value is -2.61. The van der Waals surface area contributed by atoms with Gasteiger partial charge in [-0.15, -0.1) is 11.3 Å². The summed E-state index contributed by atoms with van der Waals surface area (Å²) in [5, 5.41) is 14.0. The molecule has 216 valence electrons. The highest BCUT2D eigenvalue weighted by Gasteiger charge is 2.44. The van der Waals surface area contributed by atoms with Gasteiger partial charge in [0.1, 0.15) is 6.08 Å². The molecule has 0 radical (unpaired) electrons. The maximum Gasteiger partial charge on any atom is 0.407 e. The molecule has 5 rings (SSSR count). The van der Waals surface area contributed by atoms with Crippen LogP contribution in [-0.2, 0) is 30.7 Å². The van der Waals surface area contributed by atoms with Gasteiger partial charge >= 0.3 is 6.09 Å². The second-order valence-corrected chi connectivity index (χ2v) is 11.9. The van der Waals surface area contributed by atoms with Gasteiger partial charge in [-0.3, -0.25) is 0 Å². The minimum Gasteiger partial charge on any atom is -0.443 e. The zero-order valence-electron chi connectivity index (χ0n) is 32.9. The number of amides is 1. The van der Waals surface area contributed by atoms with Crippen molar-refractivity contribution < 1.29 is 49.0 Å². The summed E-state index contributed by atoms with van der Waals surface area (Å²) in [5.41, 5.74) is 2.20. The Balaban J connectivity index is 1.56. The monoisotopic (exact) mass is 601 g/mol. The second-order valence-electron chi connectivity index (χ2n) is 9.12. The van der Waals surface area contributed by atoms with E-state index in [0.29, 0.717) is 15.8 Å². The lowest BCUT2D eigenvalue weighted by molar-refractivity contribution is -0.0907. The lowest BCUT2D eigenvalue weighted by Crippen LogP contribution is -2.51. The fraction of sp³-hybridized carbons (Fsp3) is 0.500. The average Bonchev–Trinajstić information content (AvgIpc) is 3.74. The second kappa shape index (κ2) is 12.5. The van der Waals surface area contributed by atoms with Gasteiger partial charge in [-0.1, -0.05) is 44.0 Å². The van der Waals surface area contributed by atoms with Crippen molar-refractivity contribution in [3.8, 4) is 0 Å². The van der Waals surface area contributed by atoms with Crippen LogP contribution in [-0.4, -0.2) is 79.6 Å². The van der Waals surface area contributed by atoms with Crippen LogP contribution in [0.3, 0.4) is 0 Å². The van der Waals surface area contributed by atoms with E-state index in [2.05, 4.69) is 10.3 Å². The molecule has 2 N–H and O–H groups in total. The van der Waals surface area contributed by atoms with Crippen molar-refractivity contribution in [3.05, 3.63) is 59.6 Å². The number of ether oxygens (including phenoxy) is 3. The van der Waals surface area contributed by atoms with Crippen LogP contribution < -0.4 is 5.32 Å². The third-order valence-corrected chi connectivity index (χ3v) is 8.86. The van der Waals surface area contributed by atoms with E-state index < -0.39 is 90.6 Å². The van der Waals surface area contributed by atoms with Gasteiger partial charge in [0, 0.05) is 25.4 Å². The maximum absolute atomic E-state index is 14.3. The van der Waals surface area contributed by atoms with Gasteiger partial charge in [0.2, 0.25) is 10.0 Å². The zero-order valence-corrected chi connectivity index (χ0v) is 22.6. The standard InChI is InChI=1S/C28H35N3O7S2/c1-18(2)14-31(40(34,35)20-8-9-22-26(13-20)39-17-29-22)15-24(32)23(12-19-6-4-3-5-7-19)30-28(33)38-25-16-37-27-21(25)10-11-36-27/h3-9,13,17-18,21,23-25,27,32H,10-12,14-16H2,1-2H3,(H,30,33)/t21-,23-,24+,25-,27+/m0/s1/i1D3,2D3,14D2,16D2,18D,25D. The number of fused-ring (bicyclic) bond motifs is 2. The number of sulfonamides is 1. The van der Waals surface area contributed by atoms with E-state index in [4.69, 9.17) is 30.7 Å². The van der Waals surface area contributed by atoms with Gasteiger partial charge in [0.15, 0.2) is 6.29 Å². The van der Waals surface area contributed by atoms with Crippen molar-refractivity contribution in [3.63, 3.8) is 0 Å². The van der Waals surface area contributed by atoms with E-state index in [1.165, 1.54) is 11.6 Å². The first kappa shape index (κ1) is 17.4. The first-order valence-electron chi connectivity index (χ1n) is 18.2. The Bertz CT molecular complexity index is 1870. The van der Waals surface area contributed by atoms with E-state index in [1.54, 1.807) is 30.3 Å². The number of hydrogen-bond acceptors (Lipinski definition) is 9. The molecule has 0 unspecified atom stereocenters. The molecule has 0 spiro atoms. The SMILES string of the molecule is [2H]C([2H])([2H])C([2H])(C([2H])([2H])[2H])C([2H])([2H])N(C[C@@H](O)[C@H](Cc1ccccc1)NC(=O)O[C@]1([2H])[C@@H]2CCO[C@@H]2OC1([2H])[2H])S(=O)(=O)c1ccc2ncsc2c1. The van der Waals surface area contributed by atoms with Gasteiger partial charge in [-0.2, -0.15) is 4.31 Å². The number of aliphatic hydroxyl groups is 1. The summed E-state index contributed by atoms with van der Waals surface area (Å²) in [4.78, 5) is 16.8. The van der Waals surface area contributed by atoms with Crippen molar-refractivity contribution >= 4 is 37.7 Å². The van der Waals surface area contributed by atoms with Crippen LogP contribution in [0.1, 0.15) is 42.1 Å². The number of nitrogens with one attached hydrogen (secondary N) is 1. The van der Waals surface area contributed by atoms with Crippen molar-refractivity contribution in [1.82, 2.24) is 14.6 Å². The molecule has 5 atom stereocenters. The van der Waals surface area contributed by atoms with E-state index in [0.717, 1.165) is 23.5 Å². The molecule has 2 aliphatic rings. The smallest absolute Gasteiger partial charge is 0.407 e. The highest BCUT2D eigenvalue weighted by atomic mass is 32.2. The van der Waals surface area contributed by atoms with E-state index >= 15 is 0 Å². The lowest BCUT2D eigenvalue weighted by Gasteiger charge is -2.31. The predicted octanol–water partition coefficient (Wildman–Crippen LogP) is 3.40. The molecule has 40 heavy (non-hydrogen) atoms. The van der Waals surface area contributed by atoms with Crippen molar-refractivity contribution in [2.45, 2.75) is 56.0 Å². The Morgan fingerprint density at radius 1 is 1.38 bits per heavy atom. The van der Waals surface area contributed by atoms with Gasteiger partial charge < -0.3 is 24.6 Å². The Morgan fingerprint density at radius 3 is 3.00 bits per heavy atom. The maximum atomic E-state index is 14.3. The summed E-state index contributed by atoms with van der Waals surface area (Å²) in [5.74, 6) is -5.17. The Morgan fingerprint density at radius 2 is 2.20 bits per heavy atom. The summed E-state index contributed by atoms with van der Waals surface area (Å²) in [6.45, 7) is -16.2. The van der Waals surface area contributed by atoms with Gasteiger partial charge in [-0.25, -0.2) is 18.2 Å². The molecule has 2 aliphatic heterocycles. The van der Waals surface area contributed by atoms with Crippen molar-refractivity contribution in [1.29, 1.82) is 0 Å². The Kier molecular flexibility index (Phi) is 5.43. The summed E-state index contributed by atoms with van der Waals surface area (Å²) in [6, 6.07) is 9.77. The van der Waals surface area contributed by atoms with Crippen LogP contribution in [0.2, 0.25) is 0 Å². The van der Waals surface area contributed by atoms with Crippen molar-refractivity contribution in [2.24, 2.45) is 11.8 Å². The van der Waals surface area contributed by atoms with Gasteiger partial charge in [-0.05, 0) is 42.5 Å². The minimum atomic E-state index is -5.31. The van der Waals surface area contributed by atoms with Crippen LogP contribution in [0.25, 0.3) is 10.2 Å². The fourth-order valence-corrected chi connectivity index (χ4v) is 6.52. The average molecular weight is 602 g/mol. The number of rotatable bonds is 11. The van der Waals surface area contributed by atoms with E-state index in [9.17, 15) is 18.3 Å². The molecule has 3 aromatic rings. The van der Waals surface area contributed by atoms with E-state index in [-0.39, 0.29) is 23.8 Å². The van der Waals surface area contributed by atoms with Gasteiger partial charge in [0.05, 0.1) is 56.0 Å². The molecule has 2 saturated heterocycles. The minimum absolute atomic E-state index is 0.0958. The molecular formula is C28H35N3O7S2. The normalized spacial score (nSPS) is 31.2. The Labute approximate surface area is 255 Å². The fourth-order valence-electron chi connectivity index (χ4n) is 4.40. The third kappa shape index (κ3) is 6.64. The summed E-state index contributed by atoms with van der Waals surface area (Å²) >= 11 is 1.02. The first-order chi connectivity index (χ1) is 23.9. The molecule has 0 saturated carbocycles. The third-order valence-electron chi connectivity index (χ3n) is 6.40. The van der Waals surface area contributed by atoms with Crippen molar-refractivity contribution in [2.75, 3.05) is 26.2 Å². The number of thiazole rings is 1. The summed E-state index contributed by atoms with van der Waals surface area (Å²) < 4.78 is 143. The number of hydrogen-bond donors (Lipinski definition) is 2. The lowest BCUT2D eigenvalue weighted by atomic mass is 10.0. The molecule has 1 amide bonds. The first-order valence-corrected chi connectivity index (χ1v) is 14.6. The summed E-state index contributed by atoms with van der Waals surface area (Å²) in [7, 11) is -5.31. The molecular weight excluding hydrogens is 554 g/mol. The summed E-state index contributed by atoms with van der Waals surface area (Å²) in [6.07, 6.45) is -7.65. The van der Waals surface area contributed by atoms with Gasteiger partial charge in [0.25, 0.3) is 0 Å². The van der Waals surface area contributed by atoms with Crippen LogP contribution in [0.5, 0.6) is 0 Å². The number of aromatic nitrogens is 1. The number of nitrogens with zero attached hydrogens (tertiary/aromatic N) is 2. The number of carbonyl (C=O) groups is 1. The number of benzene rings is 2. The quantitative estimate of drug-likeness (QED) is 0.342. The molecule has 0 aliphatic carbocycles. The highest BCUT2D eigenvalue weighted by molar-refractivity contribution is 7.89. The van der Waals surface area contributed by atoms with Crippen LogP contribution in [0.4, 0.5) is 4.79 Å². The largest absolute Gasteiger partial charge is 0.443 e. The van der Waals surface area contributed by atoms with E-state index in [1.807, 2.05) is 0 Å². The van der Waals surface area contributed by atoms with Crippen LogP contribution >= 0.6 is 11.3 Å².